The molecule has 1 aromatic carbocycles. The van der Waals surface area contributed by atoms with Crippen LogP contribution in [0.1, 0.15) is 69.9 Å². The molecule has 1 aliphatic carbocycles. The van der Waals surface area contributed by atoms with Gasteiger partial charge in [0.05, 0.1) is 6.61 Å². The number of hydrogen-bond donors (Lipinski definition) is 1. The Labute approximate surface area is 160 Å². The first-order chi connectivity index (χ1) is 12.7. The Morgan fingerprint density at radius 2 is 2.11 bits per heavy atom. The molecule has 1 aliphatic heterocycles. The maximum Gasteiger partial charge on any atom is 0.294 e. The van der Waals surface area contributed by atoms with E-state index in [0.717, 1.165) is 37.0 Å². The molecule has 1 heterocycles. The largest absolute Gasteiger partial charge is 0.485 e. The molecule has 0 saturated heterocycles. The van der Waals surface area contributed by atoms with E-state index in [1.165, 1.54) is 11.1 Å². The first-order valence-corrected chi connectivity index (χ1v) is 9.72. The normalized spacial score (nSPS) is 25.6. The number of rotatable bonds is 7. The first-order valence-electron chi connectivity index (χ1n) is 9.72. The van der Waals surface area contributed by atoms with E-state index in [0.29, 0.717) is 12.8 Å². The number of unbranched alkanes of at least 4 members (excludes halogenated alkanes) is 2. The molecule has 0 radical (unpaired) electrons. The molecular formula is C21H29NO5. The molecule has 3 rings (SSSR count). The Kier molecular flexibility index (Phi) is 5.47. The molecule has 0 saturated carbocycles. The van der Waals surface area contributed by atoms with Crippen molar-refractivity contribution < 1.29 is 19.8 Å². The van der Waals surface area contributed by atoms with Crippen molar-refractivity contribution in [3.05, 3.63) is 51.1 Å². The van der Waals surface area contributed by atoms with E-state index >= 15 is 0 Å². The van der Waals surface area contributed by atoms with Crippen molar-refractivity contribution in [2.75, 3.05) is 6.61 Å². The Bertz CT molecular complexity index is 742. The summed E-state index contributed by atoms with van der Waals surface area (Å²) < 4.78 is 6.26. The summed E-state index contributed by atoms with van der Waals surface area (Å²) in [4.78, 5) is 14.5. The van der Waals surface area contributed by atoms with Crippen molar-refractivity contribution in [2.45, 2.75) is 76.4 Å². The van der Waals surface area contributed by atoms with Gasteiger partial charge in [-0.05, 0) is 64.5 Å². The van der Waals surface area contributed by atoms with Gasteiger partial charge in [0, 0.05) is 11.5 Å². The van der Waals surface area contributed by atoms with E-state index < -0.39 is 16.3 Å². The van der Waals surface area contributed by atoms with Crippen LogP contribution in [0.5, 0.6) is 5.75 Å². The van der Waals surface area contributed by atoms with Crippen molar-refractivity contribution in [2.24, 2.45) is 0 Å². The summed E-state index contributed by atoms with van der Waals surface area (Å²) in [5.41, 5.74) is 2.01. The molecular weight excluding hydrogens is 346 g/mol. The standard InChI is InChI=1S/C21H29NO5/c1-15-10-11-21(23)18(13-15)17-9-8-16(14-19(17)27-20(21,2)3)7-5-4-6-12-26-22(24)25/h8-9,13-14,18,23H,4-7,10-12H2,1-3H3/t18-,21-/m1/s1. The van der Waals surface area contributed by atoms with Gasteiger partial charge in [0.1, 0.15) is 17.0 Å². The van der Waals surface area contributed by atoms with Crippen LogP contribution in [-0.4, -0.2) is 28.0 Å². The molecule has 6 nitrogen and oxygen atoms in total. The van der Waals surface area contributed by atoms with Crippen molar-refractivity contribution in [1.82, 2.24) is 0 Å². The summed E-state index contributed by atoms with van der Waals surface area (Å²) in [5.74, 6) is 0.813. The fourth-order valence-corrected chi connectivity index (χ4v) is 4.26. The highest BCUT2D eigenvalue weighted by atomic mass is 16.9. The molecule has 0 fully saturated rings. The number of ether oxygens (including phenoxy) is 1. The van der Waals surface area contributed by atoms with Crippen LogP contribution < -0.4 is 4.74 Å². The monoisotopic (exact) mass is 375 g/mol. The van der Waals surface area contributed by atoms with Gasteiger partial charge in [-0.3, -0.25) is 0 Å². The van der Waals surface area contributed by atoms with E-state index in [2.05, 4.69) is 36.0 Å². The molecule has 2 aliphatic rings. The summed E-state index contributed by atoms with van der Waals surface area (Å²) in [6.45, 7) is 6.22. The quantitative estimate of drug-likeness (QED) is 0.332. The second-order valence-corrected chi connectivity index (χ2v) is 8.27. The lowest BCUT2D eigenvalue weighted by atomic mass is 9.64. The van der Waals surface area contributed by atoms with E-state index in [1.54, 1.807) is 0 Å². The number of hydrogen-bond acceptors (Lipinski definition) is 5. The summed E-state index contributed by atoms with van der Waals surface area (Å²) in [6, 6.07) is 6.27. The molecule has 1 aromatic rings. The van der Waals surface area contributed by atoms with Crippen molar-refractivity contribution >= 4 is 0 Å². The number of aryl methyl sites for hydroxylation is 1. The molecule has 27 heavy (non-hydrogen) atoms. The summed E-state index contributed by atoms with van der Waals surface area (Å²) in [5, 5.41) is 20.8. The van der Waals surface area contributed by atoms with Gasteiger partial charge in [-0.15, -0.1) is 10.1 Å². The average molecular weight is 375 g/mol. The third kappa shape index (κ3) is 3.95. The van der Waals surface area contributed by atoms with Gasteiger partial charge in [-0.25, -0.2) is 0 Å². The Morgan fingerprint density at radius 1 is 1.33 bits per heavy atom. The fraction of sp³-hybridized carbons (Fsp3) is 0.619. The van der Waals surface area contributed by atoms with Crippen LogP contribution in [0.15, 0.2) is 29.8 Å². The predicted octanol–water partition coefficient (Wildman–Crippen LogP) is 4.33. The van der Waals surface area contributed by atoms with Crippen LogP contribution in [0.2, 0.25) is 0 Å². The summed E-state index contributed by atoms with van der Waals surface area (Å²) >= 11 is 0. The van der Waals surface area contributed by atoms with Gasteiger partial charge in [-0.2, -0.15) is 0 Å². The summed E-state index contributed by atoms with van der Waals surface area (Å²) in [7, 11) is 0. The third-order valence-corrected chi connectivity index (χ3v) is 5.99. The third-order valence-electron chi connectivity index (χ3n) is 5.99. The SMILES string of the molecule is CC1=C[C@@H]2c3ccc(CCCCCO[N+](=O)[O-])cc3OC(C)(C)[C@@]2(O)CC1. The Balaban J connectivity index is 1.70. The number of fused-ring (bicyclic) bond motifs is 3. The van der Waals surface area contributed by atoms with Gasteiger partial charge < -0.3 is 14.7 Å². The smallest absolute Gasteiger partial charge is 0.294 e. The maximum atomic E-state index is 11.4. The zero-order valence-corrected chi connectivity index (χ0v) is 16.4. The van der Waals surface area contributed by atoms with E-state index in [-0.39, 0.29) is 12.5 Å². The Morgan fingerprint density at radius 3 is 2.85 bits per heavy atom. The molecule has 148 valence electrons. The van der Waals surface area contributed by atoms with Crippen molar-refractivity contribution in [3.63, 3.8) is 0 Å². The maximum absolute atomic E-state index is 11.4. The Hall–Kier alpha value is -2.08. The second kappa shape index (κ2) is 7.50. The zero-order valence-electron chi connectivity index (χ0n) is 16.4. The van der Waals surface area contributed by atoms with Gasteiger partial charge in [0.2, 0.25) is 0 Å². The van der Waals surface area contributed by atoms with E-state index in [9.17, 15) is 15.2 Å². The fourth-order valence-electron chi connectivity index (χ4n) is 4.26. The summed E-state index contributed by atoms with van der Waals surface area (Å²) in [6.07, 6.45) is 7.18. The predicted molar refractivity (Wildman–Crippen MR) is 102 cm³/mol. The molecule has 2 atom stereocenters. The lowest BCUT2D eigenvalue weighted by Gasteiger charge is -2.52. The minimum atomic E-state index is -0.891. The van der Waals surface area contributed by atoms with Crippen LogP contribution in [0.4, 0.5) is 0 Å². The lowest BCUT2D eigenvalue weighted by molar-refractivity contribution is -0.757. The van der Waals surface area contributed by atoms with E-state index in [1.807, 2.05) is 13.8 Å². The lowest BCUT2D eigenvalue weighted by Crippen LogP contribution is -2.60. The van der Waals surface area contributed by atoms with Gasteiger partial charge in [0.15, 0.2) is 0 Å². The second-order valence-electron chi connectivity index (χ2n) is 8.27. The molecule has 0 amide bonds. The number of nitrogens with zero attached hydrogens (tertiary/aromatic N) is 1. The van der Waals surface area contributed by atoms with Crippen LogP contribution in [0.3, 0.4) is 0 Å². The molecule has 0 bridgehead atoms. The van der Waals surface area contributed by atoms with E-state index in [4.69, 9.17) is 4.74 Å². The first kappa shape index (κ1) is 19.7. The molecule has 0 spiro atoms. The van der Waals surface area contributed by atoms with Crippen LogP contribution in [0, 0.1) is 10.1 Å². The van der Waals surface area contributed by atoms with Crippen LogP contribution in [-0.2, 0) is 11.3 Å². The molecule has 1 N–H and O–H groups in total. The van der Waals surface area contributed by atoms with Gasteiger partial charge >= 0.3 is 0 Å². The van der Waals surface area contributed by atoms with Crippen LogP contribution in [0.25, 0.3) is 0 Å². The minimum Gasteiger partial charge on any atom is -0.485 e. The van der Waals surface area contributed by atoms with Gasteiger partial charge in [0.25, 0.3) is 5.09 Å². The minimum absolute atomic E-state index is 0.0432. The van der Waals surface area contributed by atoms with Crippen molar-refractivity contribution in [3.8, 4) is 5.75 Å². The topological polar surface area (TPSA) is 81.8 Å². The number of aliphatic hydroxyl groups is 1. The highest BCUT2D eigenvalue weighted by Crippen LogP contribution is 2.53. The highest BCUT2D eigenvalue weighted by Gasteiger charge is 2.55. The molecule has 0 unspecified atom stereocenters. The highest BCUT2D eigenvalue weighted by molar-refractivity contribution is 5.48. The molecule has 6 heteroatoms. The average Bonchev–Trinajstić information content (AvgIpc) is 2.59. The molecule has 0 aromatic heterocycles. The van der Waals surface area contributed by atoms with Crippen LogP contribution >= 0.6 is 0 Å². The number of allylic oxidation sites excluding steroid dienone is 1. The number of benzene rings is 1. The van der Waals surface area contributed by atoms with Crippen molar-refractivity contribution in [1.29, 1.82) is 0 Å². The van der Waals surface area contributed by atoms with Gasteiger partial charge in [-0.1, -0.05) is 30.2 Å². The zero-order chi connectivity index (χ0) is 19.7.